The highest BCUT2D eigenvalue weighted by Gasteiger charge is 2.05. The number of nitrogens with zero attached hydrogens (tertiary/aromatic N) is 2. The van der Waals surface area contributed by atoms with Crippen molar-refractivity contribution in [3.8, 4) is 12.1 Å². The Hall–Kier alpha value is -2.07. The molecule has 0 aromatic heterocycles. The molecule has 0 radical (unpaired) electrons. The third-order valence-corrected chi connectivity index (χ3v) is 1.90. The lowest BCUT2D eigenvalue weighted by atomic mass is 10.2. The predicted molar refractivity (Wildman–Crippen MR) is 54.4 cm³/mol. The summed E-state index contributed by atoms with van der Waals surface area (Å²) in [5, 5.41) is 20.1. The van der Waals surface area contributed by atoms with E-state index in [-0.39, 0.29) is 11.6 Å². The molecule has 1 rings (SSSR count). The van der Waals surface area contributed by atoms with E-state index in [2.05, 4.69) is 5.32 Å². The molecule has 0 amide bonds. The lowest BCUT2D eigenvalue weighted by Gasteiger charge is -2.11. The Balaban J connectivity index is 2.80. The van der Waals surface area contributed by atoms with Gasteiger partial charge in [-0.1, -0.05) is 0 Å². The highest BCUT2D eigenvalue weighted by Crippen LogP contribution is 2.15. The molecule has 0 bridgehead atoms. The third kappa shape index (κ3) is 2.96. The van der Waals surface area contributed by atoms with Gasteiger partial charge in [-0.3, -0.25) is 0 Å². The number of nitriles is 2. The van der Waals surface area contributed by atoms with E-state index in [0.717, 1.165) is 0 Å². The first-order valence-corrected chi connectivity index (χ1v) is 4.50. The number of nitrogens with one attached hydrogen (secondary N) is 1. The average molecular weight is 203 g/mol. The Morgan fingerprint density at radius 2 is 2.20 bits per heavy atom. The van der Waals surface area contributed by atoms with Crippen LogP contribution >= 0.6 is 0 Å². The van der Waals surface area contributed by atoms with Crippen LogP contribution in [0.1, 0.15) is 18.9 Å². The fraction of sp³-hybridized carbons (Fsp3) is 0.273. The molecular formula is C11H10FN3. The molecular weight excluding hydrogens is 193 g/mol. The van der Waals surface area contributed by atoms with E-state index >= 15 is 0 Å². The molecule has 0 aliphatic carbocycles. The van der Waals surface area contributed by atoms with Gasteiger partial charge in [0.2, 0.25) is 0 Å². The predicted octanol–water partition coefficient (Wildman–Crippen LogP) is 2.41. The molecule has 1 N–H and O–H groups in total. The van der Waals surface area contributed by atoms with Crippen LogP contribution in [0.2, 0.25) is 0 Å². The summed E-state index contributed by atoms with van der Waals surface area (Å²) in [6, 6.07) is 7.98. The molecule has 0 saturated carbocycles. The van der Waals surface area contributed by atoms with E-state index in [9.17, 15) is 4.39 Å². The van der Waals surface area contributed by atoms with E-state index in [4.69, 9.17) is 10.5 Å². The molecule has 0 heterocycles. The van der Waals surface area contributed by atoms with Crippen LogP contribution in [-0.2, 0) is 0 Å². The highest BCUT2D eigenvalue weighted by atomic mass is 19.1. The molecule has 0 saturated heterocycles. The van der Waals surface area contributed by atoms with Gasteiger partial charge in [-0.2, -0.15) is 10.5 Å². The van der Waals surface area contributed by atoms with Crippen molar-refractivity contribution in [1.82, 2.24) is 0 Å². The smallest absolute Gasteiger partial charge is 0.141 e. The molecule has 1 aromatic carbocycles. The molecule has 3 nitrogen and oxygen atoms in total. The zero-order chi connectivity index (χ0) is 11.3. The monoisotopic (exact) mass is 203 g/mol. The maximum Gasteiger partial charge on any atom is 0.141 e. The minimum absolute atomic E-state index is 0.00385. The molecule has 76 valence electrons. The van der Waals surface area contributed by atoms with Gasteiger partial charge in [-0.15, -0.1) is 0 Å². The number of rotatable bonds is 3. The first kappa shape index (κ1) is 11.0. The third-order valence-electron chi connectivity index (χ3n) is 1.90. The summed E-state index contributed by atoms with van der Waals surface area (Å²) < 4.78 is 13.0. The first-order valence-electron chi connectivity index (χ1n) is 4.50. The standard InChI is InChI=1S/C11H10FN3/c1-8(4-5-13)15-10-2-3-11(12)9(6-10)7-14/h2-3,6,8,15H,4H2,1H3. The fourth-order valence-corrected chi connectivity index (χ4v) is 1.17. The molecule has 0 fully saturated rings. The maximum atomic E-state index is 13.0. The van der Waals surface area contributed by atoms with Gasteiger partial charge in [0.1, 0.15) is 11.9 Å². The van der Waals surface area contributed by atoms with E-state index in [1.807, 2.05) is 13.0 Å². The van der Waals surface area contributed by atoms with Crippen LogP contribution in [0.25, 0.3) is 0 Å². The lowest BCUT2D eigenvalue weighted by Crippen LogP contribution is -2.14. The van der Waals surface area contributed by atoms with Crippen molar-refractivity contribution in [2.75, 3.05) is 5.32 Å². The lowest BCUT2D eigenvalue weighted by molar-refractivity contribution is 0.624. The van der Waals surface area contributed by atoms with E-state index in [0.29, 0.717) is 12.1 Å². The molecule has 0 aliphatic rings. The fourth-order valence-electron chi connectivity index (χ4n) is 1.17. The van der Waals surface area contributed by atoms with Crippen molar-refractivity contribution >= 4 is 5.69 Å². The number of hydrogen-bond acceptors (Lipinski definition) is 3. The van der Waals surface area contributed by atoms with Crippen molar-refractivity contribution in [3.05, 3.63) is 29.6 Å². The van der Waals surface area contributed by atoms with Crippen LogP contribution < -0.4 is 5.32 Å². The topological polar surface area (TPSA) is 59.6 Å². The minimum atomic E-state index is -0.531. The normalized spacial score (nSPS) is 11.2. The summed E-state index contributed by atoms with van der Waals surface area (Å²) in [7, 11) is 0. The quantitative estimate of drug-likeness (QED) is 0.820. The molecule has 1 aromatic rings. The largest absolute Gasteiger partial charge is 0.382 e. The molecule has 15 heavy (non-hydrogen) atoms. The van der Waals surface area contributed by atoms with Gasteiger partial charge in [0.05, 0.1) is 18.1 Å². The Bertz CT molecular complexity index is 428. The van der Waals surface area contributed by atoms with Gasteiger partial charge in [-0.25, -0.2) is 4.39 Å². The Labute approximate surface area is 87.8 Å². The summed E-state index contributed by atoms with van der Waals surface area (Å²) in [5.74, 6) is -0.531. The van der Waals surface area contributed by atoms with Crippen LogP contribution in [0.4, 0.5) is 10.1 Å². The van der Waals surface area contributed by atoms with Crippen molar-refractivity contribution in [2.24, 2.45) is 0 Å². The average Bonchev–Trinajstić information content (AvgIpc) is 2.21. The molecule has 1 atom stereocenters. The first-order chi connectivity index (χ1) is 7.17. The molecule has 4 heteroatoms. The van der Waals surface area contributed by atoms with E-state index in [1.54, 1.807) is 12.1 Å². The maximum absolute atomic E-state index is 13.0. The second-order valence-corrected chi connectivity index (χ2v) is 3.21. The Morgan fingerprint density at radius 3 is 2.80 bits per heavy atom. The van der Waals surface area contributed by atoms with Gasteiger partial charge in [0.25, 0.3) is 0 Å². The SMILES string of the molecule is CC(CC#N)Nc1ccc(F)c(C#N)c1. The van der Waals surface area contributed by atoms with Gasteiger partial charge >= 0.3 is 0 Å². The van der Waals surface area contributed by atoms with E-state index in [1.165, 1.54) is 12.1 Å². The summed E-state index contributed by atoms with van der Waals surface area (Å²) in [4.78, 5) is 0. The summed E-state index contributed by atoms with van der Waals surface area (Å²) in [5.41, 5.74) is 0.653. The molecule has 1 unspecified atom stereocenters. The van der Waals surface area contributed by atoms with Crippen molar-refractivity contribution in [3.63, 3.8) is 0 Å². The van der Waals surface area contributed by atoms with Crippen LogP contribution in [0.15, 0.2) is 18.2 Å². The second-order valence-electron chi connectivity index (χ2n) is 3.21. The molecule has 0 aliphatic heterocycles. The van der Waals surface area contributed by atoms with Crippen LogP contribution in [-0.4, -0.2) is 6.04 Å². The number of halogens is 1. The second kappa shape index (κ2) is 4.97. The summed E-state index contributed by atoms with van der Waals surface area (Å²) in [6.07, 6.45) is 0.360. The Morgan fingerprint density at radius 1 is 1.47 bits per heavy atom. The van der Waals surface area contributed by atoms with Crippen LogP contribution in [0, 0.1) is 28.5 Å². The highest BCUT2D eigenvalue weighted by molar-refractivity contribution is 5.50. The van der Waals surface area contributed by atoms with Gasteiger partial charge < -0.3 is 5.32 Å². The number of benzene rings is 1. The van der Waals surface area contributed by atoms with Crippen molar-refractivity contribution in [2.45, 2.75) is 19.4 Å². The van der Waals surface area contributed by atoms with Crippen LogP contribution in [0.5, 0.6) is 0 Å². The van der Waals surface area contributed by atoms with Crippen LogP contribution in [0.3, 0.4) is 0 Å². The minimum Gasteiger partial charge on any atom is -0.382 e. The zero-order valence-corrected chi connectivity index (χ0v) is 8.29. The van der Waals surface area contributed by atoms with Crippen molar-refractivity contribution < 1.29 is 4.39 Å². The van der Waals surface area contributed by atoms with Gasteiger partial charge in [0.15, 0.2) is 0 Å². The van der Waals surface area contributed by atoms with Crippen molar-refractivity contribution in [1.29, 1.82) is 10.5 Å². The summed E-state index contributed by atoms with van der Waals surface area (Å²) in [6.45, 7) is 1.85. The van der Waals surface area contributed by atoms with E-state index < -0.39 is 5.82 Å². The Kier molecular flexibility index (Phi) is 3.65. The van der Waals surface area contributed by atoms with Gasteiger partial charge in [0, 0.05) is 11.7 Å². The zero-order valence-electron chi connectivity index (χ0n) is 8.29. The number of hydrogen-bond donors (Lipinski definition) is 1. The molecule has 0 spiro atoms. The van der Waals surface area contributed by atoms with Gasteiger partial charge in [-0.05, 0) is 25.1 Å². The number of anilines is 1. The summed E-state index contributed by atoms with van der Waals surface area (Å²) >= 11 is 0.